The van der Waals surface area contributed by atoms with Gasteiger partial charge in [0.15, 0.2) is 0 Å². The summed E-state index contributed by atoms with van der Waals surface area (Å²) >= 11 is 0. The molecule has 0 unspecified atom stereocenters. The molecule has 0 aliphatic rings. The first kappa shape index (κ1) is 21.2. The summed E-state index contributed by atoms with van der Waals surface area (Å²) in [4.78, 5) is 9.98. The van der Waals surface area contributed by atoms with Crippen molar-refractivity contribution >= 4 is 21.4 Å². The normalized spacial score (nSPS) is 11.2. The van der Waals surface area contributed by atoms with E-state index in [1.165, 1.54) is 31.4 Å². The molecule has 10 heteroatoms. The van der Waals surface area contributed by atoms with Gasteiger partial charge in [0.05, 0.1) is 29.2 Å². The van der Waals surface area contributed by atoms with Crippen molar-refractivity contribution < 1.29 is 26.9 Å². The van der Waals surface area contributed by atoms with Gasteiger partial charge in [-0.2, -0.15) is 0 Å². The van der Waals surface area contributed by atoms with Crippen LogP contribution >= 0.6 is 0 Å². The van der Waals surface area contributed by atoms with E-state index in [2.05, 4.69) is 0 Å². The smallest absolute Gasteiger partial charge is 0.269 e. The number of non-ortho nitro benzene ring substituents is 1. The largest absolute Gasteiger partial charge is 0.497 e. The molecule has 0 atom stereocenters. The molecule has 30 heavy (non-hydrogen) atoms. The molecule has 0 heterocycles. The molecule has 0 aromatic heterocycles. The Morgan fingerprint density at radius 2 is 1.63 bits per heavy atom. The number of ether oxygens (including phenoxy) is 1. The van der Waals surface area contributed by atoms with Gasteiger partial charge in [0.25, 0.3) is 15.7 Å². The van der Waals surface area contributed by atoms with Crippen LogP contribution in [0.4, 0.5) is 20.2 Å². The molecule has 0 aliphatic carbocycles. The third kappa shape index (κ3) is 4.38. The number of anilines is 1. The SMILES string of the molecule is COc1ccc(N(Cc2ccc(F)cc2F)S(=O)(=O)c2ccc([N+](=O)[O-])cc2)cc1. The Bertz CT molecular complexity index is 1170. The first-order chi connectivity index (χ1) is 14.2. The van der Waals surface area contributed by atoms with Gasteiger partial charge in [-0.25, -0.2) is 17.2 Å². The van der Waals surface area contributed by atoms with Crippen LogP contribution in [0.25, 0.3) is 0 Å². The molecule has 0 aliphatic heterocycles. The fraction of sp³-hybridized carbons (Fsp3) is 0.100. The number of sulfonamides is 1. The fourth-order valence-corrected chi connectivity index (χ4v) is 4.18. The maximum absolute atomic E-state index is 14.2. The number of halogens is 2. The fourth-order valence-electron chi connectivity index (χ4n) is 2.74. The van der Waals surface area contributed by atoms with Crippen molar-refractivity contribution in [1.29, 1.82) is 0 Å². The second-order valence-corrected chi connectivity index (χ2v) is 8.06. The summed E-state index contributed by atoms with van der Waals surface area (Å²) in [5.74, 6) is -1.20. The van der Waals surface area contributed by atoms with Gasteiger partial charge in [-0.15, -0.1) is 0 Å². The van der Waals surface area contributed by atoms with E-state index < -0.39 is 33.1 Å². The number of nitrogens with zero attached hydrogens (tertiary/aromatic N) is 2. The van der Waals surface area contributed by atoms with E-state index in [0.717, 1.165) is 40.7 Å². The van der Waals surface area contributed by atoms with Crippen molar-refractivity contribution in [2.24, 2.45) is 0 Å². The van der Waals surface area contributed by atoms with E-state index >= 15 is 0 Å². The van der Waals surface area contributed by atoms with Crippen LogP contribution in [0.1, 0.15) is 5.56 Å². The molecule has 7 nitrogen and oxygen atoms in total. The molecule has 3 rings (SSSR count). The van der Waals surface area contributed by atoms with Crippen molar-refractivity contribution in [1.82, 2.24) is 0 Å². The number of rotatable bonds is 7. The lowest BCUT2D eigenvalue weighted by Gasteiger charge is -2.25. The van der Waals surface area contributed by atoms with Gasteiger partial charge in [0.1, 0.15) is 17.4 Å². The summed E-state index contributed by atoms with van der Waals surface area (Å²) in [5.41, 5.74) is -0.106. The summed E-state index contributed by atoms with van der Waals surface area (Å²) in [5, 5.41) is 10.8. The molecule has 0 amide bonds. The average Bonchev–Trinajstić information content (AvgIpc) is 2.73. The molecule has 0 bridgehead atoms. The summed E-state index contributed by atoms with van der Waals surface area (Å²) in [6.45, 7) is -0.419. The molecule has 0 fully saturated rings. The highest BCUT2D eigenvalue weighted by molar-refractivity contribution is 7.92. The Morgan fingerprint density at radius 1 is 1.00 bits per heavy atom. The number of benzene rings is 3. The maximum Gasteiger partial charge on any atom is 0.269 e. The van der Waals surface area contributed by atoms with Gasteiger partial charge in [0.2, 0.25) is 0 Å². The minimum Gasteiger partial charge on any atom is -0.497 e. The molecule has 0 spiro atoms. The number of nitro groups is 1. The minimum atomic E-state index is -4.23. The van der Waals surface area contributed by atoms with Crippen molar-refractivity contribution in [2.75, 3.05) is 11.4 Å². The number of nitro benzene ring substituents is 1. The highest BCUT2D eigenvalue weighted by atomic mass is 32.2. The predicted octanol–water partition coefficient (Wildman–Crippen LogP) is 4.28. The van der Waals surface area contributed by atoms with E-state index in [1.807, 2.05) is 0 Å². The zero-order valence-corrected chi connectivity index (χ0v) is 16.5. The van der Waals surface area contributed by atoms with Gasteiger partial charge in [-0.1, -0.05) is 6.07 Å². The molecule has 156 valence electrons. The minimum absolute atomic E-state index is 0.0438. The lowest BCUT2D eigenvalue weighted by atomic mass is 10.2. The molecule has 0 saturated carbocycles. The summed E-state index contributed by atoms with van der Waals surface area (Å²) < 4.78 is 60.0. The second-order valence-electron chi connectivity index (χ2n) is 6.20. The van der Waals surface area contributed by atoms with Gasteiger partial charge in [-0.05, 0) is 42.5 Å². The van der Waals surface area contributed by atoms with Crippen molar-refractivity contribution in [3.8, 4) is 5.75 Å². The Labute approximate surface area is 171 Å². The number of hydrogen-bond acceptors (Lipinski definition) is 5. The van der Waals surface area contributed by atoms with Gasteiger partial charge in [0, 0.05) is 23.8 Å². The van der Waals surface area contributed by atoms with Crippen LogP contribution in [0, 0.1) is 21.7 Å². The maximum atomic E-state index is 14.2. The Balaban J connectivity index is 2.07. The lowest BCUT2D eigenvalue weighted by Crippen LogP contribution is -2.31. The number of methoxy groups -OCH3 is 1. The zero-order chi connectivity index (χ0) is 21.9. The van der Waals surface area contributed by atoms with E-state index in [9.17, 15) is 27.3 Å². The molecule has 3 aromatic carbocycles. The molecule has 3 aromatic rings. The van der Waals surface area contributed by atoms with Crippen LogP contribution in [-0.2, 0) is 16.6 Å². The van der Waals surface area contributed by atoms with Crippen molar-refractivity contribution in [3.05, 3.63) is 94.0 Å². The van der Waals surface area contributed by atoms with Crippen molar-refractivity contribution in [3.63, 3.8) is 0 Å². The van der Waals surface area contributed by atoms with Crippen LogP contribution < -0.4 is 9.04 Å². The van der Waals surface area contributed by atoms with Crippen molar-refractivity contribution in [2.45, 2.75) is 11.4 Å². The molecule has 0 radical (unpaired) electrons. The summed E-state index contributed by atoms with van der Waals surface area (Å²) in [6.07, 6.45) is 0. The third-order valence-electron chi connectivity index (χ3n) is 4.33. The summed E-state index contributed by atoms with van der Waals surface area (Å²) in [6, 6.07) is 13.2. The molecule has 0 N–H and O–H groups in total. The number of hydrogen-bond donors (Lipinski definition) is 0. The van der Waals surface area contributed by atoms with Gasteiger partial charge >= 0.3 is 0 Å². The molecular formula is C20H16F2N2O5S. The van der Waals surface area contributed by atoms with E-state index in [4.69, 9.17) is 4.74 Å². The van der Waals surface area contributed by atoms with Crippen LogP contribution in [0.3, 0.4) is 0 Å². The van der Waals surface area contributed by atoms with Crippen LogP contribution in [-0.4, -0.2) is 20.5 Å². The predicted molar refractivity (Wildman–Crippen MR) is 106 cm³/mol. The molecule has 0 saturated heterocycles. The van der Waals surface area contributed by atoms with E-state index in [0.29, 0.717) is 11.8 Å². The van der Waals surface area contributed by atoms with Crippen LogP contribution in [0.15, 0.2) is 71.6 Å². The van der Waals surface area contributed by atoms with Crippen LogP contribution in [0.5, 0.6) is 5.75 Å². The Hall–Kier alpha value is -3.53. The Morgan fingerprint density at radius 3 is 2.17 bits per heavy atom. The van der Waals surface area contributed by atoms with Gasteiger partial charge in [-0.3, -0.25) is 14.4 Å². The first-order valence-electron chi connectivity index (χ1n) is 8.57. The third-order valence-corrected chi connectivity index (χ3v) is 6.11. The standard InChI is InChI=1S/C20H16F2N2O5S/c1-29-18-8-4-16(5-9-18)23(13-14-2-3-15(21)12-20(14)22)30(27,28)19-10-6-17(7-11-19)24(25)26/h2-12H,13H2,1H3. The summed E-state index contributed by atoms with van der Waals surface area (Å²) in [7, 11) is -2.78. The van der Waals surface area contributed by atoms with E-state index in [1.54, 1.807) is 0 Å². The highest BCUT2D eigenvalue weighted by Crippen LogP contribution is 2.29. The quantitative estimate of drug-likeness (QED) is 0.409. The average molecular weight is 434 g/mol. The topological polar surface area (TPSA) is 89.8 Å². The zero-order valence-electron chi connectivity index (χ0n) is 15.7. The van der Waals surface area contributed by atoms with Crippen LogP contribution in [0.2, 0.25) is 0 Å². The monoisotopic (exact) mass is 434 g/mol. The lowest BCUT2D eigenvalue weighted by molar-refractivity contribution is -0.384. The first-order valence-corrected chi connectivity index (χ1v) is 10.0. The Kier molecular flexibility index (Phi) is 5.97. The van der Waals surface area contributed by atoms with E-state index in [-0.39, 0.29) is 21.8 Å². The highest BCUT2D eigenvalue weighted by Gasteiger charge is 2.27. The van der Waals surface area contributed by atoms with Gasteiger partial charge < -0.3 is 4.74 Å². The second kappa shape index (κ2) is 8.46. The molecular weight excluding hydrogens is 418 g/mol.